The SMILES string of the molecule is Cc1c(C(=O)N[C@@H](C(=O)O)C(C)C)oc2ccc(Br)cc12. The lowest BCUT2D eigenvalue weighted by atomic mass is 10.0. The van der Waals surface area contributed by atoms with Gasteiger partial charge in [0, 0.05) is 15.4 Å². The molecule has 0 radical (unpaired) electrons. The highest BCUT2D eigenvalue weighted by Gasteiger charge is 2.26. The van der Waals surface area contributed by atoms with Crippen LogP contribution in [0, 0.1) is 12.8 Å². The molecule has 2 N–H and O–H groups in total. The molecule has 2 rings (SSSR count). The largest absolute Gasteiger partial charge is 0.480 e. The summed E-state index contributed by atoms with van der Waals surface area (Å²) >= 11 is 3.37. The molecule has 0 bridgehead atoms. The number of furan rings is 1. The van der Waals surface area contributed by atoms with E-state index in [2.05, 4.69) is 21.2 Å². The van der Waals surface area contributed by atoms with Gasteiger partial charge in [0.25, 0.3) is 5.91 Å². The summed E-state index contributed by atoms with van der Waals surface area (Å²) in [4.78, 5) is 23.4. The zero-order chi connectivity index (χ0) is 15.7. The number of fused-ring (bicyclic) bond motifs is 1. The second-order valence-electron chi connectivity index (χ2n) is 5.23. The molecule has 0 aliphatic carbocycles. The Labute approximate surface area is 130 Å². The second-order valence-corrected chi connectivity index (χ2v) is 6.15. The fourth-order valence-corrected chi connectivity index (χ4v) is 2.49. The van der Waals surface area contributed by atoms with E-state index < -0.39 is 17.9 Å². The van der Waals surface area contributed by atoms with Crippen LogP contribution >= 0.6 is 15.9 Å². The molecule has 1 aromatic carbocycles. The van der Waals surface area contributed by atoms with Gasteiger partial charge in [-0.1, -0.05) is 29.8 Å². The van der Waals surface area contributed by atoms with E-state index in [1.807, 2.05) is 12.1 Å². The Balaban J connectivity index is 2.35. The van der Waals surface area contributed by atoms with Gasteiger partial charge in [-0.05, 0) is 31.0 Å². The molecule has 0 aliphatic heterocycles. The van der Waals surface area contributed by atoms with Crippen molar-refractivity contribution < 1.29 is 19.1 Å². The van der Waals surface area contributed by atoms with E-state index >= 15 is 0 Å². The molecular formula is C15H16BrNO4. The summed E-state index contributed by atoms with van der Waals surface area (Å²) in [6.07, 6.45) is 0. The van der Waals surface area contributed by atoms with Crippen LogP contribution in [-0.4, -0.2) is 23.0 Å². The van der Waals surface area contributed by atoms with Crippen molar-refractivity contribution in [3.8, 4) is 0 Å². The summed E-state index contributed by atoms with van der Waals surface area (Å²) in [7, 11) is 0. The molecular weight excluding hydrogens is 338 g/mol. The van der Waals surface area contributed by atoms with Gasteiger partial charge in [-0.25, -0.2) is 4.79 Å². The lowest BCUT2D eigenvalue weighted by Gasteiger charge is -2.17. The summed E-state index contributed by atoms with van der Waals surface area (Å²) in [6, 6.07) is 4.50. The molecule has 0 aliphatic rings. The van der Waals surface area contributed by atoms with Crippen LogP contribution in [0.5, 0.6) is 0 Å². The summed E-state index contributed by atoms with van der Waals surface area (Å²) in [6.45, 7) is 5.25. The first-order chi connectivity index (χ1) is 9.81. The zero-order valence-corrected chi connectivity index (χ0v) is 13.5. The van der Waals surface area contributed by atoms with E-state index in [-0.39, 0.29) is 11.7 Å². The number of hydrogen-bond donors (Lipinski definition) is 2. The number of nitrogens with one attached hydrogen (secondary N) is 1. The third kappa shape index (κ3) is 3.10. The number of amides is 1. The normalized spacial score (nSPS) is 12.6. The monoisotopic (exact) mass is 353 g/mol. The van der Waals surface area contributed by atoms with Gasteiger partial charge in [-0.15, -0.1) is 0 Å². The van der Waals surface area contributed by atoms with Crippen molar-refractivity contribution in [2.45, 2.75) is 26.8 Å². The van der Waals surface area contributed by atoms with Gasteiger partial charge in [0.05, 0.1) is 0 Å². The molecule has 2 aromatic rings. The molecule has 112 valence electrons. The van der Waals surface area contributed by atoms with Crippen LogP contribution in [0.15, 0.2) is 27.1 Å². The number of rotatable bonds is 4. The summed E-state index contributed by atoms with van der Waals surface area (Å²) in [5, 5.41) is 12.5. The molecule has 1 heterocycles. The summed E-state index contributed by atoms with van der Waals surface area (Å²) in [5.41, 5.74) is 1.29. The van der Waals surface area contributed by atoms with E-state index in [1.165, 1.54) is 0 Å². The number of hydrogen-bond acceptors (Lipinski definition) is 3. The first-order valence-corrected chi connectivity index (χ1v) is 7.33. The van der Waals surface area contributed by atoms with Crippen molar-refractivity contribution in [1.29, 1.82) is 0 Å². The number of aryl methyl sites for hydroxylation is 1. The Kier molecular flexibility index (Phi) is 4.37. The molecule has 1 aromatic heterocycles. The Hall–Kier alpha value is -1.82. The highest BCUT2D eigenvalue weighted by atomic mass is 79.9. The van der Waals surface area contributed by atoms with Crippen molar-refractivity contribution in [2.75, 3.05) is 0 Å². The van der Waals surface area contributed by atoms with Crippen molar-refractivity contribution in [2.24, 2.45) is 5.92 Å². The predicted octanol–water partition coefficient (Wildman–Crippen LogP) is 3.34. The minimum Gasteiger partial charge on any atom is -0.480 e. The van der Waals surface area contributed by atoms with Crippen LogP contribution in [0.3, 0.4) is 0 Å². The quantitative estimate of drug-likeness (QED) is 0.883. The number of benzene rings is 1. The molecule has 1 amide bonds. The standard InChI is InChI=1S/C15H16BrNO4/c1-7(2)12(15(19)20)17-14(18)13-8(3)10-6-9(16)4-5-11(10)21-13/h4-7,12H,1-3H3,(H,17,18)(H,19,20)/t12-/m1/s1. The van der Waals surface area contributed by atoms with Crippen molar-refractivity contribution >= 4 is 38.8 Å². The van der Waals surface area contributed by atoms with Crippen LogP contribution in [0.25, 0.3) is 11.0 Å². The highest BCUT2D eigenvalue weighted by molar-refractivity contribution is 9.10. The molecule has 21 heavy (non-hydrogen) atoms. The third-order valence-electron chi connectivity index (χ3n) is 3.32. The Bertz CT molecular complexity index is 705. The number of aliphatic carboxylic acids is 1. The summed E-state index contributed by atoms with van der Waals surface area (Å²) < 4.78 is 6.44. The number of carbonyl (C=O) groups is 2. The van der Waals surface area contributed by atoms with E-state index in [9.17, 15) is 9.59 Å². The topological polar surface area (TPSA) is 79.5 Å². The molecule has 0 saturated carbocycles. The van der Waals surface area contributed by atoms with Crippen LogP contribution in [0.2, 0.25) is 0 Å². The zero-order valence-electron chi connectivity index (χ0n) is 11.9. The highest BCUT2D eigenvalue weighted by Crippen LogP contribution is 2.28. The van der Waals surface area contributed by atoms with Crippen molar-refractivity contribution in [3.05, 3.63) is 34.0 Å². The first kappa shape index (κ1) is 15.6. The van der Waals surface area contributed by atoms with Crippen molar-refractivity contribution in [1.82, 2.24) is 5.32 Å². The van der Waals surface area contributed by atoms with Gasteiger partial charge in [-0.2, -0.15) is 0 Å². The Morgan fingerprint density at radius 1 is 1.33 bits per heavy atom. The lowest BCUT2D eigenvalue weighted by Crippen LogP contribution is -2.44. The van der Waals surface area contributed by atoms with Gasteiger partial charge in [-0.3, -0.25) is 4.79 Å². The van der Waals surface area contributed by atoms with Gasteiger partial charge < -0.3 is 14.8 Å². The van der Waals surface area contributed by atoms with Gasteiger partial charge in [0.1, 0.15) is 11.6 Å². The average Bonchev–Trinajstić information content (AvgIpc) is 2.72. The van der Waals surface area contributed by atoms with Crippen LogP contribution in [-0.2, 0) is 4.79 Å². The number of carboxylic acids is 1. The smallest absolute Gasteiger partial charge is 0.326 e. The van der Waals surface area contributed by atoms with Crippen LogP contribution in [0.4, 0.5) is 0 Å². The molecule has 0 saturated heterocycles. The molecule has 6 heteroatoms. The molecule has 0 spiro atoms. The minimum atomic E-state index is -1.06. The Morgan fingerprint density at radius 2 is 2.00 bits per heavy atom. The number of carboxylic acid groups (broad SMARTS) is 1. The van der Waals surface area contributed by atoms with Gasteiger partial charge in [0.2, 0.25) is 0 Å². The molecule has 1 atom stereocenters. The average molecular weight is 354 g/mol. The summed E-state index contributed by atoms with van der Waals surface area (Å²) in [5.74, 6) is -1.64. The first-order valence-electron chi connectivity index (χ1n) is 6.53. The Morgan fingerprint density at radius 3 is 2.57 bits per heavy atom. The molecule has 5 nitrogen and oxygen atoms in total. The van der Waals surface area contributed by atoms with E-state index in [1.54, 1.807) is 26.8 Å². The van der Waals surface area contributed by atoms with Gasteiger partial charge in [0.15, 0.2) is 5.76 Å². The number of carbonyl (C=O) groups excluding carboxylic acids is 1. The molecule has 0 unspecified atom stereocenters. The van der Waals surface area contributed by atoms with Gasteiger partial charge >= 0.3 is 5.97 Å². The fourth-order valence-electron chi connectivity index (χ4n) is 2.13. The van der Waals surface area contributed by atoms with Crippen LogP contribution < -0.4 is 5.32 Å². The van der Waals surface area contributed by atoms with E-state index in [4.69, 9.17) is 9.52 Å². The predicted molar refractivity (Wildman–Crippen MR) is 82.4 cm³/mol. The van der Waals surface area contributed by atoms with Crippen LogP contribution in [0.1, 0.15) is 30.0 Å². The van der Waals surface area contributed by atoms with Crippen molar-refractivity contribution in [3.63, 3.8) is 0 Å². The molecule has 0 fully saturated rings. The maximum Gasteiger partial charge on any atom is 0.326 e. The maximum atomic E-state index is 12.3. The maximum absolute atomic E-state index is 12.3. The third-order valence-corrected chi connectivity index (χ3v) is 3.82. The van der Waals surface area contributed by atoms with E-state index in [0.717, 1.165) is 9.86 Å². The van der Waals surface area contributed by atoms with E-state index in [0.29, 0.717) is 11.1 Å². The lowest BCUT2D eigenvalue weighted by molar-refractivity contribution is -0.140. The number of halogens is 1. The fraction of sp³-hybridized carbons (Fsp3) is 0.333. The minimum absolute atomic E-state index is 0.148. The second kappa shape index (κ2) is 5.89.